The smallest absolute Gasteiger partial charge is 0.257 e. The molecule has 10 heteroatoms. The minimum Gasteiger partial charge on any atom is -0.298 e. The number of hydrogen-bond acceptors (Lipinski definition) is 7. The number of benzene rings is 1. The lowest BCUT2D eigenvalue weighted by Gasteiger charge is -2.25. The normalized spacial score (nSPS) is 17.8. The van der Waals surface area contributed by atoms with Crippen LogP contribution in [0.1, 0.15) is 33.8 Å². The molecule has 0 atom stereocenters. The van der Waals surface area contributed by atoms with Crippen molar-refractivity contribution in [2.45, 2.75) is 31.1 Å². The Hall–Kier alpha value is -1.88. The van der Waals surface area contributed by atoms with Crippen molar-refractivity contribution in [3.8, 4) is 0 Å². The average molecular weight is 421 g/mol. The Morgan fingerprint density at radius 3 is 2.96 bits per heavy atom. The highest BCUT2D eigenvalue weighted by atomic mass is 32.2. The van der Waals surface area contributed by atoms with Crippen LogP contribution >= 0.6 is 22.7 Å². The molecule has 5 rings (SSSR count). The molecule has 1 N–H and O–H groups in total. The minimum absolute atomic E-state index is 0.201. The fourth-order valence-electron chi connectivity index (χ4n) is 3.19. The number of carbonyl (C=O) groups is 1. The molecule has 2 aromatic heterocycles. The van der Waals surface area contributed by atoms with E-state index in [9.17, 15) is 13.2 Å². The minimum atomic E-state index is -3.18. The van der Waals surface area contributed by atoms with Crippen molar-refractivity contribution >= 4 is 54.0 Å². The van der Waals surface area contributed by atoms with E-state index in [1.54, 1.807) is 15.9 Å². The van der Waals surface area contributed by atoms with E-state index in [2.05, 4.69) is 15.3 Å². The summed E-state index contributed by atoms with van der Waals surface area (Å²) >= 11 is 2.85. The van der Waals surface area contributed by atoms with Crippen LogP contribution in [0.5, 0.6) is 0 Å². The van der Waals surface area contributed by atoms with Crippen LogP contribution in [0.4, 0.5) is 5.13 Å². The van der Waals surface area contributed by atoms with Crippen molar-refractivity contribution in [3.63, 3.8) is 0 Å². The predicted molar refractivity (Wildman–Crippen MR) is 106 cm³/mol. The zero-order chi connectivity index (χ0) is 18.6. The van der Waals surface area contributed by atoms with E-state index in [1.807, 2.05) is 12.1 Å². The van der Waals surface area contributed by atoms with Crippen molar-refractivity contribution < 1.29 is 13.2 Å². The molecule has 0 spiro atoms. The summed E-state index contributed by atoms with van der Waals surface area (Å²) in [5, 5.41) is 3.16. The second kappa shape index (κ2) is 6.33. The molecule has 2 aliphatic rings. The third kappa shape index (κ3) is 3.16. The zero-order valence-electron chi connectivity index (χ0n) is 14.2. The Labute approximate surface area is 164 Å². The molecule has 1 aromatic carbocycles. The standard InChI is InChI=1S/C17H16N4O3S3/c22-16(10-1-4-12-14(7-10)25-9-18-12)20-17-19-13-5-6-21(8-15(13)26-17)27(23,24)11-2-3-11/h1,4,7,9,11H,2-3,5-6,8H2,(H,19,20,22). The zero-order valence-corrected chi connectivity index (χ0v) is 16.7. The van der Waals surface area contributed by atoms with Crippen LogP contribution in [0, 0.1) is 0 Å². The second-order valence-electron chi connectivity index (χ2n) is 6.71. The lowest BCUT2D eigenvalue weighted by molar-refractivity contribution is 0.102. The van der Waals surface area contributed by atoms with Crippen LogP contribution < -0.4 is 5.32 Å². The maximum atomic E-state index is 12.5. The molecule has 0 unspecified atom stereocenters. The molecule has 1 aliphatic carbocycles. The Kier molecular flexibility index (Phi) is 4.04. The molecule has 1 amide bonds. The van der Waals surface area contributed by atoms with Gasteiger partial charge in [0.05, 0.1) is 26.7 Å². The number of fused-ring (bicyclic) bond motifs is 2. The highest BCUT2D eigenvalue weighted by Gasteiger charge is 2.41. The summed E-state index contributed by atoms with van der Waals surface area (Å²) in [6.07, 6.45) is 2.11. The number of anilines is 1. The van der Waals surface area contributed by atoms with E-state index < -0.39 is 10.0 Å². The van der Waals surface area contributed by atoms with Gasteiger partial charge in [-0.15, -0.1) is 22.7 Å². The van der Waals surface area contributed by atoms with Gasteiger partial charge in [-0.05, 0) is 31.0 Å². The van der Waals surface area contributed by atoms with E-state index in [-0.39, 0.29) is 11.2 Å². The van der Waals surface area contributed by atoms with Gasteiger partial charge in [-0.25, -0.2) is 18.4 Å². The SMILES string of the molecule is O=C(Nc1nc2c(s1)CN(S(=O)(=O)C1CC1)CC2)c1ccc2ncsc2c1. The molecule has 0 bridgehead atoms. The van der Waals surface area contributed by atoms with E-state index in [1.165, 1.54) is 22.7 Å². The van der Waals surface area contributed by atoms with E-state index >= 15 is 0 Å². The van der Waals surface area contributed by atoms with Crippen LogP contribution in [-0.4, -0.2) is 40.4 Å². The molecule has 140 valence electrons. The first-order valence-corrected chi connectivity index (χ1v) is 11.8. The van der Waals surface area contributed by atoms with Gasteiger partial charge in [-0.3, -0.25) is 10.1 Å². The number of thiazole rings is 2. The maximum absolute atomic E-state index is 12.5. The van der Waals surface area contributed by atoms with Gasteiger partial charge in [-0.1, -0.05) is 0 Å². The number of nitrogens with zero attached hydrogens (tertiary/aromatic N) is 3. The summed E-state index contributed by atoms with van der Waals surface area (Å²) in [7, 11) is -3.18. The Bertz CT molecular complexity index is 1150. The second-order valence-corrected chi connectivity index (χ2v) is 10.9. The van der Waals surface area contributed by atoms with Gasteiger partial charge in [0.25, 0.3) is 5.91 Å². The van der Waals surface area contributed by atoms with Crippen molar-refractivity contribution in [3.05, 3.63) is 39.8 Å². The number of rotatable bonds is 4. The van der Waals surface area contributed by atoms with Crippen LogP contribution in [0.2, 0.25) is 0 Å². The molecule has 0 radical (unpaired) electrons. The molecule has 3 aromatic rings. The molecule has 1 aliphatic heterocycles. The molecule has 0 saturated heterocycles. The lowest BCUT2D eigenvalue weighted by atomic mass is 10.2. The van der Waals surface area contributed by atoms with E-state index in [0.717, 1.165) is 33.6 Å². The molecule has 27 heavy (non-hydrogen) atoms. The van der Waals surface area contributed by atoms with Gasteiger partial charge in [0.15, 0.2) is 5.13 Å². The summed E-state index contributed by atoms with van der Waals surface area (Å²) in [6, 6.07) is 5.39. The lowest BCUT2D eigenvalue weighted by Crippen LogP contribution is -2.37. The molecule has 7 nitrogen and oxygen atoms in total. The van der Waals surface area contributed by atoms with Crippen LogP contribution in [0.15, 0.2) is 23.7 Å². The largest absolute Gasteiger partial charge is 0.298 e. The first-order valence-electron chi connectivity index (χ1n) is 8.63. The Balaban J connectivity index is 1.34. The van der Waals surface area contributed by atoms with Gasteiger partial charge in [0.2, 0.25) is 10.0 Å². The number of sulfonamides is 1. The first kappa shape index (κ1) is 17.2. The van der Waals surface area contributed by atoms with E-state index in [4.69, 9.17) is 0 Å². The van der Waals surface area contributed by atoms with Gasteiger partial charge in [0.1, 0.15) is 0 Å². The first-order chi connectivity index (χ1) is 13.0. The van der Waals surface area contributed by atoms with Crippen LogP contribution in [0.25, 0.3) is 10.2 Å². The van der Waals surface area contributed by atoms with Crippen LogP contribution in [-0.2, 0) is 23.0 Å². The highest BCUT2D eigenvalue weighted by Crippen LogP contribution is 2.35. The summed E-state index contributed by atoms with van der Waals surface area (Å²) < 4.78 is 27.4. The quantitative estimate of drug-likeness (QED) is 0.701. The Morgan fingerprint density at radius 1 is 1.30 bits per heavy atom. The van der Waals surface area contributed by atoms with Crippen LogP contribution in [0.3, 0.4) is 0 Å². The monoisotopic (exact) mass is 420 g/mol. The molecule has 1 fully saturated rings. The summed E-state index contributed by atoms with van der Waals surface area (Å²) in [5.74, 6) is -0.223. The molecular weight excluding hydrogens is 404 g/mol. The average Bonchev–Trinajstić information content (AvgIpc) is 3.29. The van der Waals surface area contributed by atoms with Crippen molar-refractivity contribution in [2.24, 2.45) is 0 Å². The van der Waals surface area contributed by atoms with Gasteiger partial charge in [0, 0.05) is 30.0 Å². The maximum Gasteiger partial charge on any atom is 0.257 e. The Morgan fingerprint density at radius 2 is 2.15 bits per heavy atom. The third-order valence-electron chi connectivity index (χ3n) is 4.82. The predicted octanol–water partition coefficient (Wildman–Crippen LogP) is 2.86. The van der Waals surface area contributed by atoms with Gasteiger partial charge < -0.3 is 0 Å². The van der Waals surface area contributed by atoms with Crippen molar-refractivity contribution in [2.75, 3.05) is 11.9 Å². The summed E-state index contributed by atoms with van der Waals surface area (Å²) in [4.78, 5) is 22.2. The molecular formula is C17H16N4O3S3. The number of aromatic nitrogens is 2. The number of nitrogens with one attached hydrogen (secondary N) is 1. The number of carbonyl (C=O) groups excluding carboxylic acids is 1. The molecule has 3 heterocycles. The topological polar surface area (TPSA) is 92.3 Å². The number of amides is 1. The highest BCUT2D eigenvalue weighted by molar-refractivity contribution is 7.90. The third-order valence-corrected chi connectivity index (χ3v) is 8.95. The van der Waals surface area contributed by atoms with Gasteiger partial charge in [-0.2, -0.15) is 4.31 Å². The molecule has 1 saturated carbocycles. The summed E-state index contributed by atoms with van der Waals surface area (Å²) in [5.41, 5.74) is 4.06. The number of hydrogen-bond donors (Lipinski definition) is 1. The fourth-order valence-corrected chi connectivity index (χ4v) is 6.81. The van der Waals surface area contributed by atoms with Crippen molar-refractivity contribution in [1.29, 1.82) is 0 Å². The fraction of sp³-hybridized carbons (Fsp3) is 0.353. The summed E-state index contributed by atoms with van der Waals surface area (Å²) in [6.45, 7) is 0.819. The van der Waals surface area contributed by atoms with E-state index in [0.29, 0.717) is 30.2 Å². The van der Waals surface area contributed by atoms with Crippen molar-refractivity contribution in [1.82, 2.24) is 14.3 Å². The van der Waals surface area contributed by atoms with Gasteiger partial charge >= 0.3 is 0 Å².